The van der Waals surface area contributed by atoms with Crippen LogP contribution in [0.15, 0.2) is 205 Å². The Morgan fingerprint density at radius 3 is 1.19 bits per heavy atom. The van der Waals surface area contributed by atoms with Gasteiger partial charge in [-0.15, -0.1) is 0 Å². The van der Waals surface area contributed by atoms with Crippen LogP contribution in [0, 0.1) is 0 Å². The summed E-state index contributed by atoms with van der Waals surface area (Å²) in [4.78, 5) is 2.37. The van der Waals surface area contributed by atoms with E-state index in [2.05, 4.69) is 205 Å². The first kappa shape index (κ1) is 30.0. The molecule has 0 saturated carbocycles. The smallest absolute Gasteiger partial charge is 0.136 e. The number of rotatable bonds is 7. The summed E-state index contributed by atoms with van der Waals surface area (Å²) in [5.41, 5.74) is 14.8. The summed E-state index contributed by atoms with van der Waals surface area (Å²) in [6, 6.07) is 71.7. The highest BCUT2D eigenvalue weighted by Crippen LogP contribution is 2.45. The summed E-state index contributed by atoms with van der Waals surface area (Å²) in [6.07, 6.45) is 0. The van der Waals surface area contributed by atoms with Gasteiger partial charge in [-0.2, -0.15) is 0 Å². The van der Waals surface area contributed by atoms with Crippen LogP contribution in [0.4, 0.5) is 17.1 Å². The van der Waals surface area contributed by atoms with E-state index in [0.717, 1.165) is 33.6 Å². The van der Waals surface area contributed by atoms with Crippen LogP contribution in [-0.4, -0.2) is 0 Å². The third-order valence-corrected chi connectivity index (χ3v) is 10.3. The van der Waals surface area contributed by atoms with Crippen molar-refractivity contribution in [2.24, 2.45) is 0 Å². The van der Waals surface area contributed by atoms with Crippen molar-refractivity contribution in [2.75, 3.05) is 4.90 Å². The normalized spacial score (nSPS) is 11.5. The van der Waals surface area contributed by atoms with Crippen LogP contribution in [0.5, 0.6) is 0 Å². The van der Waals surface area contributed by atoms with Gasteiger partial charge in [0.05, 0.1) is 5.69 Å². The summed E-state index contributed by atoms with van der Waals surface area (Å²) in [7, 11) is 0. The van der Waals surface area contributed by atoms with Crippen molar-refractivity contribution in [3.05, 3.63) is 200 Å². The van der Waals surface area contributed by atoms with Gasteiger partial charge in [0, 0.05) is 27.5 Å². The zero-order chi connectivity index (χ0) is 34.4. The molecule has 0 fully saturated rings. The van der Waals surface area contributed by atoms with Gasteiger partial charge in [-0.25, -0.2) is 0 Å². The molecule has 2 nitrogen and oxygen atoms in total. The highest BCUT2D eigenvalue weighted by atomic mass is 16.3. The molecule has 0 aliphatic heterocycles. The maximum Gasteiger partial charge on any atom is 0.136 e. The number of benzene rings is 9. The van der Waals surface area contributed by atoms with Gasteiger partial charge in [0.15, 0.2) is 0 Å². The monoisotopic (exact) mass is 663 g/mol. The van der Waals surface area contributed by atoms with Crippen molar-refractivity contribution in [1.29, 1.82) is 0 Å². The molecule has 0 spiro atoms. The van der Waals surface area contributed by atoms with Crippen molar-refractivity contribution < 1.29 is 4.42 Å². The molecule has 0 amide bonds. The number of anilines is 3. The minimum Gasteiger partial charge on any atom is -0.456 e. The van der Waals surface area contributed by atoms with Crippen LogP contribution in [0.1, 0.15) is 0 Å². The Bertz CT molecular complexity index is 2650. The van der Waals surface area contributed by atoms with E-state index in [-0.39, 0.29) is 0 Å². The average molecular weight is 664 g/mol. The van der Waals surface area contributed by atoms with Gasteiger partial charge < -0.3 is 9.32 Å². The Hall–Kier alpha value is -6.90. The van der Waals surface area contributed by atoms with Crippen molar-refractivity contribution in [3.63, 3.8) is 0 Å². The zero-order valence-corrected chi connectivity index (χ0v) is 28.4. The summed E-state index contributed by atoms with van der Waals surface area (Å²) in [5.74, 6) is 0. The molecule has 0 bridgehead atoms. The van der Waals surface area contributed by atoms with Crippen molar-refractivity contribution in [1.82, 2.24) is 0 Å². The molecule has 1 aromatic heterocycles. The topological polar surface area (TPSA) is 16.4 Å². The van der Waals surface area contributed by atoms with Crippen LogP contribution in [0.2, 0.25) is 0 Å². The molecular formula is C50H33NO. The van der Waals surface area contributed by atoms with E-state index in [9.17, 15) is 0 Å². The van der Waals surface area contributed by atoms with E-state index in [1.54, 1.807) is 0 Å². The Kier molecular flexibility index (Phi) is 7.18. The fourth-order valence-electron chi connectivity index (χ4n) is 7.63. The molecule has 2 heteroatoms. The standard InChI is InChI=1S/C50H33NO/c1-3-8-34(9-4-1)36-14-18-38(19-15-36)40-22-27-43(28-23-40)51(46-32-33-48-50-45(46)31-26-42-12-7-13-47(52-48)49(42)50)44-29-24-41(25-30-44)39-20-16-37(17-21-39)35-10-5-2-6-11-35/h1-33H. The van der Waals surface area contributed by atoms with E-state index < -0.39 is 0 Å². The molecule has 0 aliphatic carbocycles. The Labute approximate surface area is 302 Å². The van der Waals surface area contributed by atoms with Gasteiger partial charge in [-0.3, -0.25) is 0 Å². The number of hydrogen-bond donors (Lipinski definition) is 0. The molecule has 0 unspecified atom stereocenters. The van der Waals surface area contributed by atoms with Crippen LogP contribution in [0.25, 0.3) is 77.2 Å². The number of nitrogens with zero attached hydrogens (tertiary/aromatic N) is 1. The number of hydrogen-bond acceptors (Lipinski definition) is 2. The second-order valence-corrected chi connectivity index (χ2v) is 13.3. The van der Waals surface area contributed by atoms with E-state index >= 15 is 0 Å². The van der Waals surface area contributed by atoms with E-state index in [1.807, 2.05) is 0 Å². The molecule has 9 aromatic carbocycles. The van der Waals surface area contributed by atoms with E-state index in [1.165, 1.54) is 60.7 Å². The van der Waals surface area contributed by atoms with Gasteiger partial charge in [-0.05, 0) is 92.4 Å². The lowest BCUT2D eigenvalue weighted by molar-refractivity contribution is 0.669. The quantitative estimate of drug-likeness (QED) is 0.158. The molecule has 244 valence electrons. The first-order valence-electron chi connectivity index (χ1n) is 17.8. The lowest BCUT2D eigenvalue weighted by atomic mass is 9.98. The summed E-state index contributed by atoms with van der Waals surface area (Å²) < 4.78 is 6.34. The molecule has 0 atom stereocenters. The minimum atomic E-state index is 0.911. The molecular weight excluding hydrogens is 631 g/mol. The molecule has 52 heavy (non-hydrogen) atoms. The van der Waals surface area contributed by atoms with E-state index in [0.29, 0.717) is 0 Å². The first-order chi connectivity index (χ1) is 25.8. The predicted octanol–water partition coefficient (Wildman–Crippen LogP) is 14.3. The molecule has 10 aromatic rings. The van der Waals surface area contributed by atoms with Crippen LogP contribution < -0.4 is 4.90 Å². The average Bonchev–Trinajstić information content (AvgIpc) is 3.62. The van der Waals surface area contributed by atoms with Gasteiger partial charge in [0.2, 0.25) is 0 Å². The Morgan fingerprint density at radius 1 is 0.288 bits per heavy atom. The highest BCUT2D eigenvalue weighted by molar-refractivity contribution is 6.24. The molecule has 0 saturated heterocycles. The highest BCUT2D eigenvalue weighted by Gasteiger charge is 2.20. The second kappa shape index (κ2) is 12.5. The van der Waals surface area contributed by atoms with Crippen LogP contribution in [0.3, 0.4) is 0 Å². The molecule has 0 aliphatic rings. The SMILES string of the molecule is c1ccc(-c2ccc(-c3ccc(N(c4ccc(-c5ccc(-c6ccccc6)cc5)cc4)c4ccc5oc6cccc7ccc4c5c76)cc3)cc2)cc1. The maximum atomic E-state index is 6.34. The molecule has 0 radical (unpaired) electrons. The zero-order valence-electron chi connectivity index (χ0n) is 28.4. The van der Waals surface area contributed by atoms with Crippen molar-refractivity contribution >= 4 is 49.8 Å². The fraction of sp³-hybridized carbons (Fsp3) is 0. The molecule has 10 rings (SSSR count). The lowest BCUT2D eigenvalue weighted by Gasteiger charge is -2.27. The van der Waals surface area contributed by atoms with Crippen LogP contribution in [-0.2, 0) is 0 Å². The minimum absolute atomic E-state index is 0.911. The predicted molar refractivity (Wildman–Crippen MR) is 219 cm³/mol. The van der Waals surface area contributed by atoms with E-state index in [4.69, 9.17) is 4.42 Å². The summed E-state index contributed by atoms with van der Waals surface area (Å²) in [6.45, 7) is 0. The summed E-state index contributed by atoms with van der Waals surface area (Å²) in [5, 5.41) is 4.70. The van der Waals surface area contributed by atoms with Gasteiger partial charge in [0.1, 0.15) is 11.2 Å². The largest absolute Gasteiger partial charge is 0.456 e. The van der Waals surface area contributed by atoms with Gasteiger partial charge >= 0.3 is 0 Å². The lowest BCUT2D eigenvalue weighted by Crippen LogP contribution is -2.10. The Balaban J connectivity index is 1.05. The van der Waals surface area contributed by atoms with Gasteiger partial charge in [-0.1, -0.05) is 158 Å². The molecule has 0 N–H and O–H groups in total. The number of furan rings is 1. The van der Waals surface area contributed by atoms with Crippen molar-refractivity contribution in [2.45, 2.75) is 0 Å². The summed E-state index contributed by atoms with van der Waals surface area (Å²) >= 11 is 0. The first-order valence-corrected chi connectivity index (χ1v) is 17.8. The van der Waals surface area contributed by atoms with Crippen molar-refractivity contribution in [3.8, 4) is 44.5 Å². The molecule has 1 heterocycles. The fourth-order valence-corrected chi connectivity index (χ4v) is 7.63. The second-order valence-electron chi connectivity index (χ2n) is 13.3. The maximum absolute atomic E-state index is 6.34. The third-order valence-electron chi connectivity index (χ3n) is 10.3. The van der Waals surface area contributed by atoms with Gasteiger partial charge in [0.25, 0.3) is 0 Å². The third kappa shape index (κ3) is 5.21. The van der Waals surface area contributed by atoms with Crippen LogP contribution >= 0.6 is 0 Å². The Morgan fingerprint density at radius 2 is 0.712 bits per heavy atom.